The Balaban J connectivity index is 2.27. The molecule has 1 unspecified atom stereocenters. The average molecular weight is 206 g/mol. The Kier molecular flexibility index (Phi) is 2.82. The Morgan fingerprint density at radius 2 is 2.33 bits per heavy atom. The molecular formula is C12H18N2O. The molecular weight excluding hydrogens is 188 g/mol. The lowest BCUT2D eigenvalue weighted by atomic mass is 10.1. The number of aliphatic hydroxyl groups excluding tert-OH is 1. The van der Waals surface area contributed by atoms with Gasteiger partial charge in [0.1, 0.15) is 0 Å². The summed E-state index contributed by atoms with van der Waals surface area (Å²) in [5.74, 6) is 0. The summed E-state index contributed by atoms with van der Waals surface area (Å²) >= 11 is 0. The summed E-state index contributed by atoms with van der Waals surface area (Å²) in [4.78, 5) is 2.24. The number of nitrogen functional groups attached to an aromatic ring is 1. The summed E-state index contributed by atoms with van der Waals surface area (Å²) in [7, 11) is 0. The molecule has 1 atom stereocenters. The van der Waals surface area contributed by atoms with Gasteiger partial charge in [-0.2, -0.15) is 0 Å². The summed E-state index contributed by atoms with van der Waals surface area (Å²) in [6.45, 7) is 3.82. The Morgan fingerprint density at radius 1 is 1.53 bits per heavy atom. The van der Waals surface area contributed by atoms with Crippen LogP contribution in [0.2, 0.25) is 0 Å². The molecule has 82 valence electrons. The van der Waals surface area contributed by atoms with Crippen molar-refractivity contribution in [3.8, 4) is 0 Å². The van der Waals surface area contributed by atoms with E-state index < -0.39 is 0 Å². The quantitative estimate of drug-likeness (QED) is 0.719. The van der Waals surface area contributed by atoms with Crippen molar-refractivity contribution in [1.29, 1.82) is 0 Å². The molecule has 1 fully saturated rings. The van der Waals surface area contributed by atoms with Gasteiger partial charge >= 0.3 is 0 Å². The standard InChI is InChI=1S/C12H18N2O/c1-2-9-7-10(13)3-4-12(9)14-6-5-11(15)8-14/h3-4,7,11,15H,2,5-6,8,13H2,1H3. The number of hydrogen-bond donors (Lipinski definition) is 2. The van der Waals surface area contributed by atoms with Gasteiger partial charge in [-0.25, -0.2) is 0 Å². The fourth-order valence-electron chi connectivity index (χ4n) is 2.16. The lowest BCUT2D eigenvalue weighted by Gasteiger charge is -2.21. The van der Waals surface area contributed by atoms with Crippen LogP contribution in [0.4, 0.5) is 11.4 Å². The van der Waals surface area contributed by atoms with Crippen molar-refractivity contribution in [3.05, 3.63) is 23.8 Å². The monoisotopic (exact) mass is 206 g/mol. The maximum absolute atomic E-state index is 9.51. The fourth-order valence-corrected chi connectivity index (χ4v) is 2.16. The van der Waals surface area contributed by atoms with Crippen molar-refractivity contribution in [3.63, 3.8) is 0 Å². The van der Waals surface area contributed by atoms with E-state index in [-0.39, 0.29) is 6.10 Å². The van der Waals surface area contributed by atoms with E-state index in [1.54, 1.807) is 0 Å². The number of β-amino-alcohol motifs (C(OH)–C–C–N with tert-alkyl or cyclic N) is 1. The highest BCUT2D eigenvalue weighted by Crippen LogP contribution is 2.26. The van der Waals surface area contributed by atoms with Gasteiger partial charge in [-0.1, -0.05) is 6.92 Å². The molecule has 3 N–H and O–H groups in total. The third-order valence-electron chi connectivity index (χ3n) is 2.99. The maximum Gasteiger partial charge on any atom is 0.0731 e. The van der Waals surface area contributed by atoms with Crippen molar-refractivity contribution in [2.24, 2.45) is 0 Å². The Bertz CT molecular complexity index is 351. The van der Waals surface area contributed by atoms with Gasteiger partial charge in [0.2, 0.25) is 0 Å². The molecule has 1 aromatic rings. The van der Waals surface area contributed by atoms with Gasteiger partial charge in [-0.3, -0.25) is 0 Å². The van der Waals surface area contributed by atoms with Crippen LogP contribution in [-0.2, 0) is 6.42 Å². The maximum atomic E-state index is 9.51. The van der Waals surface area contributed by atoms with Crippen molar-refractivity contribution in [1.82, 2.24) is 0 Å². The van der Waals surface area contributed by atoms with E-state index in [1.807, 2.05) is 12.1 Å². The first-order valence-electron chi connectivity index (χ1n) is 5.52. The summed E-state index contributed by atoms with van der Waals surface area (Å²) in [5.41, 5.74) is 9.07. The molecule has 0 bridgehead atoms. The van der Waals surface area contributed by atoms with Gasteiger partial charge in [-0.15, -0.1) is 0 Å². The molecule has 1 heterocycles. The third-order valence-corrected chi connectivity index (χ3v) is 2.99. The van der Waals surface area contributed by atoms with Crippen LogP contribution < -0.4 is 10.6 Å². The zero-order chi connectivity index (χ0) is 10.8. The predicted molar refractivity (Wildman–Crippen MR) is 63.1 cm³/mol. The van der Waals surface area contributed by atoms with Crippen LogP contribution in [-0.4, -0.2) is 24.3 Å². The van der Waals surface area contributed by atoms with Gasteiger partial charge < -0.3 is 15.7 Å². The first-order chi connectivity index (χ1) is 7.20. The minimum atomic E-state index is -0.174. The second-order valence-electron chi connectivity index (χ2n) is 4.13. The van der Waals surface area contributed by atoms with E-state index in [2.05, 4.69) is 17.9 Å². The Labute approximate surface area is 90.5 Å². The van der Waals surface area contributed by atoms with Crippen LogP contribution in [0.3, 0.4) is 0 Å². The molecule has 3 heteroatoms. The zero-order valence-electron chi connectivity index (χ0n) is 9.11. The Morgan fingerprint density at radius 3 is 2.93 bits per heavy atom. The van der Waals surface area contributed by atoms with E-state index >= 15 is 0 Å². The van der Waals surface area contributed by atoms with Crippen LogP contribution in [0.15, 0.2) is 18.2 Å². The van der Waals surface area contributed by atoms with Crippen LogP contribution in [0.1, 0.15) is 18.9 Å². The minimum Gasteiger partial charge on any atom is -0.399 e. The first kappa shape index (κ1) is 10.3. The van der Waals surface area contributed by atoms with Crippen molar-refractivity contribution < 1.29 is 5.11 Å². The van der Waals surface area contributed by atoms with E-state index in [0.717, 1.165) is 31.6 Å². The molecule has 1 aliphatic heterocycles. The number of rotatable bonds is 2. The number of hydrogen-bond acceptors (Lipinski definition) is 3. The van der Waals surface area contributed by atoms with E-state index in [9.17, 15) is 5.11 Å². The van der Waals surface area contributed by atoms with E-state index in [0.29, 0.717) is 0 Å². The molecule has 1 aliphatic rings. The SMILES string of the molecule is CCc1cc(N)ccc1N1CCC(O)C1. The minimum absolute atomic E-state index is 0.174. The molecule has 2 rings (SSSR count). The second-order valence-corrected chi connectivity index (χ2v) is 4.13. The van der Waals surface area contributed by atoms with Crippen LogP contribution >= 0.6 is 0 Å². The highest BCUT2D eigenvalue weighted by molar-refractivity contribution is 5.60. The van der Waals surface area contributed by atoms with Crippen molar-refractivity contribution in [2.45, 2.75) is 25.9 Å². The molecule has 0 radical (unpaired) electrons. The molecule has 15 heavy (non-hydrogen) atoms. The predicted octanol–water partition coefficient (Wildman–Crippen LogP) is 1.40. The number of nitrogens with two attached hydrogens (primary N) is 1. The Hall–Kier alpha value is -1.22. The highest BCUT2D eigenvalue weighted by Gasteiger charge is 2.21. The molecule has 1 aromatic carbocycles. The van der Waals surface area contributed by atoms with E-state index in [1.165, 1.54) is 11.3 Å². The first-order valence-corrected chi connectivity index (χ1v) is 5.52. The van der Waals surface area contributed by atoms with Crippen molar-refractivity contribution in [2.75, 3.05) is 23.7 Å². The molecule has 0 spiro atoms. The molecule has 0 amide bonds. The lowest BCUT2D eigenvalue weighted by molar-refractivity contribution is 0.198. The molecule has 0 aliphatic carbocycles. The van der Waals surface area contributed by atoms with E-state index in [4.69, 9.17) is 5.73 Å². The summed E-state index contributed by atoms with van der Waals surface area (Å²) < 4.78 is 0. The van der Waals surface area contributed by atoms with Gasteiger partial charge in [0, 0.05) is 24.5 Å². The summed E-state index contributed by atoms with van der Waals surface area (Å²) in [6, 6.07) is 6.02. The third kappa shape index (κ3) is 2.07. The van der Waals surface area contributed by atoms with Gasteiger partial charge in [0.15, 0.2) is 0 Å². The van der Waals surface area contributed by atoms with Gasteiger partial charge in [0.25, 0.3) is 0 Å². The number of nitrogens with zero attached hydrogens (tertiary/aromatic N) is 1. The highest BCUT2D eigenvalue weighted by atomic mass is 16.3. The molecule has 3 nitrogen and oxygen atoms in total. The normalized spacial score (nSPS) is 20.9. The zero-order valence-corrected chi connectivity index (χ0v) is 9.11. The number of benzene rings is 1. The van der Waals surface area contributed by atoms with Crippen LogP contribution in [0, 0.1) is 0 Å². The summed E-state index contributed by atoms with van der Waals surface area (Å²) in [6.07, 6.45) is 1.67. The fraction of sp³-hybridized carbons (Fsp3) is 0.500. The number of anilines is 2. The van der Waals surface area contributed by atoms with Crippen LogP contribution in [0.5, 0.6) is 0 Å². The topological polar surface area (TPSA) is 49.5 Å². The van der Waals surface area contributed by atoms with Crippen LogP contribution in [0.25, 0.3) is 0 Å². The van der Waals surface area contributed by atoms with Gasteiger partial charge in [-0.05, 0) is 36.6 Å². The molecule has 1 saturated heterocycles. The van der Waals surface area contributed by atoms with Gasteiger partial charge in [0.05, 0.1) is 6.10 Å². The average Bonchev–Trinajstić information content (AvgIpc) is 2.64. The smallest absolute Gasteiger partial charge is 0.0731 e. The molecule has 0 saturated carbocycles. The second kappa shape index (κ2) is 4.11. The lowest BCUT2D eigenvalue weighted by Crippen LogP contribution is -2.22. The molecule has 0 aromatic heterocycles. The number of aryl methyl sites for hydroxylation is 1. The van der Waals surface area contributed by atoms with Crippen molar-refractivity contribution >= 4 is 11.4 Å². The number of aliphatic hydroxyl groups is 1. The summed E-state index contributed by atoms with van der Waals surface area (Å²) in [5, 5.41) is 9.51. The largest absolute Gasteiger partial charge is 0.399 e.